The summed E-state index contributed by atoms with van der Waals surface area (Å²) in [7, 11) is 0. The van der Waals surface area contributed by atoms with Crippen LogP contribution in [-0.4, -0.2) is 47.9 Å². The number of nitrogens with zero attached hydrogens (tertiary/aromatic N) is 3. The van der Waals surface area contributed by atoms with Crippen LogP contribution >= 0.6 is 27.3 Å². The van der Waals surface area contributed by atoms with Gasteiger partial charge in [-0.2, -0.15) is 0 Å². The van der Waals surface area contributed by atoms with E-state index in [0.717, 1.165) is 31.5 Å². The number of alkyl halides is 1. The van der Waals surface area contributed by atoms with Gasteiger partial charge < -0.3 is 9.80 Å². The van der Waals surface area contributed by atoms with Crippen LogP contribution in [0, 0.1) is 13.8 Å². The summed E-state index contributed by atoms with van der Waals surface area (Å²) < 4.78 is 0. The minimum atomic E-state index is 1.07. The van der Waals surface area contributed by atoms with Crippen molar-refractivity contribution in [3.63, 3.8) is 0 Å². The van der Waals surface area contributed by atoms with Crippen LogP contribution in [-0.2, 0) is 0 Å². The molecule has 1 aliphatic rings. The lowest BCUT2D eigenvalue weighted by atomic mass is 10.4. The van der Waals surface area contributed by atoms with Gasteiger partial charge in [-0.3, -0.25) is 0 Å². The van der Waals surface area contributed by atoms with Gasteiger partial charge in [-0.05, 0) is 26.8 Å². The second kappa shape index (κ2) is 6.16. The normalized spacial score (nSPS) is 18.4. The van der Waals surface area contributed by atoms with E-state index in [-0.39, 0.29) is 0 Å². The number of rotatable bonds is 3. The molecule has 0 radical (unpaired) electrons. The number of thiazole rings is 1. The standard InChI is InChI=1S/C12H20BrN3S/c1-10-11(2)17-12(14-10)16-6-3-5-15(7-4-13)8-9-16/h3-9H2,1-2H3. The highest BCUT2D eigenvalue weighted by Gasteiger charge is 2.17. The molecule has 1 fully saturated rings. The summed E-state index contributed by atoms with van der Waals surface area (Å²) >= 11 is 5.35. The molecule has 5 heteroatoms. The summed E-state index contributed by atoms with van der Waals surface area (Å²) in [6, 6.07) is 0. The van der Waals surface area contributed by atoms with Crippen LogP contribution < -0.4 is 4.90 Å². The molecule has 0 bridgehead atoms. The number of aryl methyl sites for hydroxylation is 2. The first kappa shape index (κ1) is 13.3. The third kappa shape index (κ3) is 3.42. The Labute approximate surface area is 116 Å². The Morgan fingerprint density at radius 1 is 1.24 bits per heavy atom. The van der Waals surface area contributed by atoms with Crippen molar-refractivity contribution in [2.75, 3.05) is 43.0 Å². The molecule has 17 heavy (non-hydrogen) atoms. The molecular weight excluding hydrogens is 298 g/mol. The van der Waals surface area contributed by atoms with Gasteiger partial charge in [0.15, 0.2) is 5.13 Å². The van der Waals surface area contributed by atoms with E-state index in [1.54, 1.807) is 0 Å². The average molecular weight is 318 g/mol. The van der Waals surface area contributed by atoms with Crippen molar-refractivity contribution in [1.82, 2.24) is 9.88 Å². The maximum absolute atomic E-state index is 4.66. The molecule has 96 valence electrons. The minimum absolute atomic E-state index is 1.07. The van der Waals surface area contributed by atoms with E-state index >= 15 is 0 Å². The van der Waals surface area contributed by atoms with Gasteiger partial charge in [0.05, 0.1) is 5.69 Å². The van der Waals surface area contributed by atoms with Crippen LogP contribution in [0.4, 0.5) is 5.13 Å². The molecule has 2 rings (SSSR count). The van der Waals surface area contributed by atoms with E-state index in [0.29, 0.717) is 0 Å². The van der Waals surface area contributed by atoms with Gasteiger partial charge in [0.1, 0.15) is 0 Å². The Bertz CT molecular complexity index is 347. The van der Waals surface area contributed by atoms with Crippen LogP contribution in [0.2, 0.25) is 0 Å². The predicted molar refractivity (Wildman–Crippen MR) is 78.7 cm³/mol. The Morgan fingerprint density at radius 3 is 2.71 bits per heavy atom. The molecule has 2 heterocycles. The quantitative estimate of drug-likeness (QED) is 0.799. The van der Waals surface area contributed by atoms with Crippen molar-refractivity contribution in [3.05, 3.63) is 10.6 Å². The van der Waals surface area contributed by atoms with Crippen LogP contribution in [0.5, 0.6) is 0 Å². The first-order valence-electron chi connectivity index (χ1n) is 6.18. The fourth-order valence-electron chi connectivity index (χ4n) is 2.10. The third-order valence-electron chi connectivity index (χ3n) is 3.28. The topological polar surface area (TPSA) is 19.4 Å². The molecule has 0 unspecified atom stereocenters. The average Bonchev–Trinajstić information content (AvgIpc) is 2.54. The van der Waals surface area contributed by atoms with Crippen molar-refractivity contribution in [2.24, 2.45) is 0 Å². The highest BCUT2D eigenvalue weighted by Crippen LogP contribution is 2.25. The third-order valence-corrected chi connectivity index (χ3v) is 4.77. The molecule has 0 amide bonds. The van der Waals surface area contributed by atoms with Crippen molar-refractivity contribution in [1.29, 1.82) is 0 Å². The van der Waals surface area contributed by atoms with Gasteiger partial charge in [-0.25, -0.2) is 4.98 Å². The van der Waals surface area contributed by atoms with Gasteiger partial charge in [0.2, 0.25) is 0 Å². The highest BCUT2D eigenvalue weighted by molar-refractivity contribution is 9.09. The Balaban J connectivity index is 1.98. The molecule has 0 aromatic carbocycles. The molecule has 1 saturated heterocycles. The number of anilines is 1. The lowest BCUT2D eigenvalue weighted by molar-refractivity contribution is 0.313. The van der Waals surface area contributed by atoms with Gasteiger partial charge in [0, 0.05) is 36.4 Å². The second-order valence-corrected chi connectivity index (χ2v) is 6.48. The predicted octanol–water partition coefficient (Wildman–Crippen LogP) is 2.67. The maximum Gasteiger partial charge on any atom is 0.185 e. The van der Waals surface area contributed by atoms with Gasteiger partial charge in [-0.15, -0.1) is 11.3 Å². The zero-order valence-electron chi connectivity index (χ0n) is 10.6. The summed E-state index contributed by atoms with van der Waals surface area (Å²) in [4.78, 5) is 11.0. The Morgan fingerprint density at radius 2 is 2.06 bits per heavy atom. The Hall–Kier alpha value is -0.130. The van der Waals surface area contributed by atoms with Gasteiger partial charge in [-0.1, -0.05) is 15.9 Å². The van der Waals surface area contributed by atoms with Gasteiger partial charge in [0.25, 0.3) is 0 Å². The lowest BCUT2D eigenvalue weighted by Gasteiger charge is -2.20. The number of halogens is 1. The lowest BCUT2D eigenvalue weighted by Crippen LogP contribution is -2.31. The smallest absolute Gasteiger partial charge is 0.185 e. The SMILES string of the molecule is Cc1nc(N2CCCN(CCBr)CC2)sc1C. The summed E-state index contributed by atoms with van der Waals surface area (Å²) in [5, 5.41) is 2.28. The number of hydrogen-bond donors (Lipinski definition) is 0. The molecule has 0 spiro atoms. The first-order chi connectivity index (χ1) is 8.20. The molecule has 0 N–H and O–H groups in total. The summed E-state index contributed by atoms with van der Waals surface area (Å²) in [6.07, 6.45) is 1.24. The molecule has 3 nitrogen and oxygen atoms in total. The highest BCUT2D eigenvalue weighted by atomic mass is 79.9. The molecule has 0 aliphatic carbocycles. The number of hydrogen-bond acceptors (Lipinski definition) is 4. The summed E-state index contributed by atoms with van der Waals surface area (Å²) in [5.74, 6) is 0. The fraction of sp³-hybridized carbons (Fsp3) is 0.750. The molecule has 1 aliphatic heterocycles. The monoisotopic (exact) mass is 317 g/mol. The van der Waals surface area contributed by atoms with Crippen LogP contribution in [0.25, 0.3) is 0 Å². The van der Waals surface area contributed by atoms with Crippen molar-refractivity contribution in [2.45, 2.75) is 20.3 Å². The second-order valence-electron chi connectivity index (χ2n) is 4.51. The van der Waals surface area contributed by atoms with Crippen LogP contribution in [0.15, 0.2) is 0 Å². The van der Waals surface area contributed by atoms with E-state index in [2.05, 4.69) is 44.6 Å². The molecule has 0 saturated carbocycles. The molecular formula is C12H20BrN3S. The summed E-state index contributed by atoms with van der Waals surface area (Å²) in [5.41, 5.74) is 1.19. The van der Waals surface area contributed by atoms with Crippen molar-refractivity contribution < 1.29 is 0 Å². The molecule has 0 atom stereocenters. The first-order valence-corrected chi connectivity index (χ1v) is 8.12. The van der Waals surface area contributed by atoms with E-state index < -0.39 is 0 Å². The van der Waals surface area contributed by atoms with Crippen molar-refractivity contribution >= 4 is 32.4 Å². The number of aromatic nitrogens is 1. The fourth-order valence-corrected chi connectivity index (χ4v) is 3.56. The van der Waals surface area contributed by atoms with E-state index in [9.17, 15) is 0 Å². The zero-order chi connectivity index (χ0) is 12.3. The van der Waals surface area contributed by atoms with Gasteiger partial charge >= 0.3 is 0 Å². The minimum Gasteiger partial charge on any atom is -0.347 e. The zero-order valence-corrected chi connectivity index (χ0v) is 13.0. The molecule has 1 aromatic heterocycles. The largest absolute Gasteiger partial charge is 0.347 e. The van der Waals surface area contributed by atoms with E-state index in [4.69, 9.17) is 0 Å². The summed E-state index contributed by atoms with van der Waals surface area (Å²) in [6.45, 7) is 10.0. The maximum atomic E-state index is 4.66. The van der Waals surface area contributed by atoms with E-state index in [1.807, 2.05) is 11.3 Å². The van der Waals surface area contributed by atoms with Crippen LogP contribution in [0.1, 0.15) is 17.0 Å². The Kier molecular flexibility index (Phi) is 4.82. The molecule has 1 aromatic rings. The van der Waals surface area contributed by atoms with Crippen molar-refractivity contribution in [3.8, 4) is 0 Å². The van der Waals surface area contributed by atoms with E-state index in [1.165, 1.54) is 28.7 Å². The van der Waals surface area contributed by atoms with Crippen LogP contribution in [0.3, 0.4) is 0 Å².